The highest BCUT2D eigenvalue weighted by molar-refractivity contribution is 7.89. The number of ether oxygens (including phenoxy) is 1. The molecule has 1 aliphatic heterocycles. The van der Waals surface area contributed by atoms with E-state index in [4.69, 9.17) is 0 Å². The largest absolute Gasteiger partial charge is 0.507 e. The normalized spacial score (nSPS) is 15.5. The predicted octanol–water partition coefficient (Wildman–Crippen LogP) is 5.72. The Bertz CT molecular complexity index is 2430. The van der Waals surface area contributed by atoms with Gasteiger partial charge in [-0.25, -0.2) is 44.7 Å². The van der Waals surface area contributed by atoms with Gasteiger partial charge in [-0.1, -0.05) is 19.9 Å². The monoisotopic (exact) mass is 748 g/mol. The molecule has 4 heterocycles. The number of phenolic OH excluding ortho intramolecular Hbond substituents is 1. The maximum atomic E-state index is 16.0. The number of aryl methyl sites for hydroxylation is 1. The number of benzene rings is 2. The van der Waals surface area contributed by atoms with Crippen LogP contribution in [0, 0.1) is 41.8 Å². The van der Waals surface area contributed by atoms with E-state index in [2.05, 4.69) is 19.7 Å². The van der Waals surface area contributed by atoms with Crippen LogP contribution in [-0.2, 0) is 10.0 Å². The van der Waals surface area contributed by atoms with Crippen LogP contribution >= 0.6 is 0 Å². The van der Waals surface area contributed by atoms with Gasteiger partial charge in [-0.2, -0.15) is 13.7 Å². The Morgan fingerprint density at radius 1 is 0.962 bits per heavy atom. The van der Waals surface area contributed by atoms with Crippen molar-refractivity contribution in [1.29, 1.82) is 0 Å². The average Bonchev–Trinajstić information content (AvgIpc) is 3.09. The van der Waals surface area contributed by atoms with E-state index in [0.717, 1.165) is 29.9 Å². The molecule has 0 bridgehead atoms. The lowest BCUT2D eigenvalue weighted by atomic mass is 10.0. The first-order valence-electron chi connectivity index (χ1n) is 15.7. The highest BCUT2D eigenvalue weighted by atomic mass is 32.2. The fourth-order valence-electron chi connectivity index (χ4n) is 6.32. The fraction of sp³-hybridized carbons (Fsp3) is 0.294. The molecule has 11 nitrogen and oxygen atoms in total. The number of aromatic nitrogens is 4. The zero-order valence-electron chi connectivity index (χ0n) is 28.2. The lowest BCUT2D eigenvalue weighted by molar-refractivity contribution is 0.314. The van der Waals surface area contributed by atoms with Crippen molar-refractivity contribution in [1.82, 2.24) is 23.8 Å². The number of methoxy groups -OCH3 is 1. The molecule has 274 valence electrons. The van der Waals surface area contributed by atoms with Crippen LogP contribution in [0.25, 0.3) is 28.0 Å². The van der Waals surface area contributed by atoms with E-state index < -0.39 is 97.4 Å². The number of sulfonamides is 1. The van der Waals surface area contributed by atoms with Gasteiger partial charge in [0.15, 0.2) is 33.7 Å². The Labute approximate surface area is 292 Å². The Hall–Kier alpha value is -5.23. The molecule has 1 atom stereocenters. The number of hydrogen-bond donors (Lipinski definition) is 1. The van der Waals surface area contributed by atoms with Gasteiger partial charge in [0, 0.05) is 31.9 Å². The highest BCUT2D eigenvalue weighted by Gasteiger charge is 2.41. The third-order valence-corrected chi connectivity index (χ3v) is 10.7. The SMILES string of the molecule is COc1c(F)c(F)c(F)c(F)c1S(=O)(=O)N1CCN(c2nc(=O)n(-c3c(C)ccnc3C(C)C)c3nc(-c4c(O)cccc4F)c(F)cc23)[C@@H](C)C1. The summed E-state index contributed by atoms with van der Waals surface area (Å²) in [6.45, 7) is 5.65. The molecule has 0 radical (unpaired) electrons. The van der Waals surface area contributed by atoms with Gasteiger partial charge >= 0.3 is 5.69 Å². The molecule has 52 heavy (non-hydrogen) atoms. The maximum Gasteiger partial charge on any atom is 0.355 e. The van der Waals surface area contributed by atoms with Gasteiger partial charge in [0.2, 0.25) is 21.7 Å². The van der Waals surface area contributed by atoms with Crippen molar-refractivity contribution in [3.63, 3.8) is 0 Å². The Balaban J connectivity index is 1.53. The Morgan fingerprint density at radius 2 is 1.65 bits per heavy atom. The lowest BCUT2D eigenvalue weighted by Crippen LogP contribution is -2.54. The van der Waals surface area contributed by atoms with Crippen molar-refractivity contribution in [2.45, 2.75) is 44.6 Å². The van der Waals surface area contributed by atoms with Crippen LogP contribution in [-0.4, -0.2) is 70.1 Å². The number of aromatic hydroxyl groups is 1. The third kappa shape index (κ3) is 5.78. The number of pyridine rings is 2. The van der Waals surface area contributed by atoms with E-state index in [-0.39, 0.29) is 35.0 Å². The maximum absolute atomic E-state index is 16.0. The molecule has 1 N–H and O–H groups in total. The van der Waals surface area contributed by atoms with E-state index in [1.54, 1.807) is 19.2 Å². The average molecular weight is 749 g/mol. The molecule has 3 aromatic heterocycles. The topological polar surface area (TPSA) is 131 Å². The van der Waals surface area contributed by atoms with Gasteiger partial charge in [-0.05, 0) is 49.6 Å². The number of nitrogens with zero attached hydrogens (tertiary/aromatic N) is 6. The van der Waals surface area contributed by atoms with Crippen molar-refractivity contribution in [3.05, 3.63) is 93.2 Å². The summed E-state index contributed by atoms with van der Waals surface area (Å²) in [5, 5.41) is 10.5. The summed E-state index contributed by atoms with van der Waals surface area (Å²) in [6, 6.07) is 5.04. The highest BCUT2D eigenvalue weighted by Crippen LogP contribution is 2.39. The Kier molecular flexibility index (Phi) is 9.41. The lowest BCUT2D eigenvalue weighted by Gasteiger charge is -2.40. The third-order valence-electron chi connectivity index (χ3n) is 8.80. The second-order valence-electron chi connectivity index (χ2n) is 12.4. The van der Waals surface area contributed by atoms with Crippen molar-refractivity contribution in [2.24, 2.45) is 0 Å². The summed E-state index contributed by atoms with van der Waals surface area (Å²) in [7, 11) is -4.30. The van der Waals surface area contributed by atoms with Crippen LogP contribution in [0.2, 0.25) is 0 Å². The first kappa shape index (κ1) is 36.6. The second-order valence-corrected chi connectivity index (χ2v) is 14.3. The van der Waals surface area contributed by atoms with Gasteiger partial charge in [0.1, 0.15) is 23.1 Å². The predicted molar refractivity (Wildman–Crippen MR) is 177 cm³/mol. The molecule has 18 heteroatoms. The van der Waals surface area contributed by atoms with Gasteiger partial charge in [-0.3, -0.25) is 4.98 Å². The number of piperazine rings is 1. The number of halogens is 6. The minimum atomic E-state index is -5.06. The number of hydrogen-bond acceptors (Lipinski definition) is 9. The van der Waals surface area contributed by atoms with Crippen molar-refractivity contribution < 1.29 is 44.6 Å². The molecule has 5 aromatic rings. The number of rotatable bonds is 7. The summed E-state index contributed by atoms with van der Waals surface area (Å²) in [5.41, 5.74) is -0.958. The molecule has 0 unspecified atom stereocenters. The molecule has 0 spiro atoms. The van der Waals surface area contributed by atoms with Crippen LogP contribution in [0.5, 0.6) is 11.5 Å². The van der Waals surface area contributed by atoms with Crippen molar-refractivity contribution in [2.75, 3.05) is 31.6 Å². The molecule has 0 saturated carbocycles. The van der Waals surface area contributed by atoms with Gasteiger partial charge in [0.25, 0.3) is 0 Å². The zero-order valence-corrected chi connectivity index (χ0v) is 29.0. The van der Waals surface area contributed by atoms with Crippen LogP contribution in [0.15, 0.2) is 46.2 Å². The van der Waals surface area contributed by atoms with Crippen LogP contribution in [0.3, 0.4) is 0 Å². The Morgan fingerprint density at radius 3 is 2.29 bits per heavy atom. The van der Waals surface area contributed by atoms with Gasteiger partial charge in [-0.15, -0.1) is 0 Å². The summed E-state index contributed by atoms with van der Waals surface area (Å²) in [6.07, 6.45) is 1.55. The van der Waals surface area contributed by atoms with E-state index in [9.17, 15) is 35.9 Å². The summed E-state index contributed by atoms with van der Waals surface area (Å²) in [4.78, 5) is 27.1. The van der Waals surface area contributed by atoms with Crippen LogP contribution in [0.1, 0.15) is 37.9 Å². The summed E-state index contributed by atoms with van der Waals surface area (Å²) < 4.78 is 122. The van der Waals surface area contributed by atoms with E-state index in [1.165, 1.54) is 17.9 Å². The van der Waals surface area contributed by atoms with E-state index in [0.29, 0.717) is 15.6 Å². The minimum Gasteiger partial charge on any atom is -0.507 e. The molecular formula is C34H30F6N6O5S. The smallest absolute Gasteiger partial charge is 0.355 e. The summed E-state index contributed by atoms with van der Waals surface area (Å²) in [5.74, 6) is -13.2. The number of fused-ring (bicyclic) bond motifs is 1. The molecule has 1 fully saturated rings. The molecule has 1 aliphatic rings. The molecular weight excluding hydrogens is 718 g/mol. The van der Waals surface area contributed by atoms with E-state index in [1.807, 2.05) is 13.8 Å². The second kappa shape index (κ2) is 13.4. The van der Waals surface area contributed by atoms with Gasteiger partial charge < -0.3 is 14.7 Å². The van der Waals surface area contributed by atoms with Crippen molar-refractivity contribution >= 4 is 26.9 Å². The molecule has 2 aromatic carbocycles. The standard InChI is InChI=1S/C34H30F6N6O5S/c1-15(2)27-29(16(3)9-10-41-27)46-33-18(13-20(36)28(42-33)22-19(35)7-6-8-21(22)47)32(43-34(46)48)45-12-11-44(14-17(45)4)52(49,50)31-26(40)24(38)23(37)25(39)30(31)51-5/h6-10,13,15,17,47H,11-12,14H2,1-5H3/t17-/m0/s1. The van der Waals surface area contributed by atoms with E-state index >= 15 is 8.78 Å². The molecule has 6 rings (SSSR count). The van der Waals surface area contributed by atoms with Gasteiger partial charge in [0.05, 0.1) is 29.4 Å². The fourth-order valence-corrected chi connectivity index (χ4v) is 8.04. The summed E-state index contributed by atoms with van der Waals surface area (Å²) >= 11 is 0. The number of anilines is 1. The first-order valence-corrected chi connectivity index (χ1v) is 17.2. The van der Waals surface area contributed by atoms with Crippen molar-refractivity contribution in [3.8, 4) is 28.4 Å². The molecule has 0 amide bonds. The first-order chi connectivity index (χ1) is 24.5. The number of phenols is 1. The minimum absolute atomic E-state index is 0.0619. The quantitative estimate of drug-likeness (QED) is 0.126. The molecule has 1 saturated heterocycles. The van der Waals surface area contributed by atoms with Crippen LogP contribution in [0.4, 0.5) is 32.2 Å². The molecule has 0 aliphatic carbocycles. The van der Waals surface area contributed by atoms with Crippen LogP contribution < -0.4 is 15.3 Å². The zero-order chi connectivity index (χ0) is 38.0.